The van der Waals surface area contributed by atoms with Gasteiger partial charge < -0.3 is 14.8 Å². The molecule has 5 aromatic rings. The van der Waals surface area contributed by atoms with E-state index in [1.807, 2.05) is 48.5 Å². The van der Waals surface area contributed by atoms with E-state index in [2.05, 4.69) is 29.6 Å². The van der Waals surface area contributed by atoms with Crippen molar-refractivity contribution in [3.63, 3.8) is 0 Å². The van der Waals surface area contributed by atoms with Gasteiger partial charge in [-0.05, 0) is 23.8 Å². The molecule has 0 radical (unpaired) electrons. The Morgan fingerprint density at radius 3 is 2.63 bits per heavy atom. The number of fused-ring (bicyclic) bond motifs is 4. The van der Waals surface area contributed by atoms with E-state index in [0.29, 0.717) is 6.54 Å². The van der Waals surface area contributed by atoms with Gasteiger partial charge in [0.2, 0.25) is 6.79 Å². The summed E-state index contributed by atoms with van der Waals surface area (Å²) >= 11 is 1.69. The maximum Gasteiger partial charge on any atom is 0.231 e. The molecule has 0 bridgehead atoms. The Labute approximate surface area is 176 Å². The predicted molar refractivity (Wildman–Crippen MR) is 120 cm³/mol. The van der Waals surface area contributed by atoms with Crippen molar-refractivity contribution in [1.82, 2.24) is 9.97 Å². The van der Waals surface area contributed by atoms with E-state index in [4.69, 9.17) is 19.4 Å². The quantitative estimate of drug-likeness (QED) is 0.402. The molecule has 146 valence electrons. The highest BCUT2D eigenvalue weighted by atomic mass is 32.1. The van der Waals surface area contributed by atoms with Crippen molar-refractivity contribution in [3.8, 4) is 22.9 Å². The number of thiophene rings is 1. The van der Waals surface area contributed by atoms with E-state index in [9.17, 15) is 0 Å². The van der Waals surface area contributed by atoms with Gasteiger partial charge in [-0.25, -0.2) is 9.97 Å². The number of hydrogen-bond acceptors (Lipinski definition) is 6. The SMILES string of the molecule is c1ccc(-c2nc(NCc3ccc4c(c3)OCO4)c3c(n2)sc2ccccc23)cc1. The highest BCUT2D eigenvalue weighted by Gasteiger charge is 2.16. The van der Waals surface area contributed by atoms with Crippen LogP contribution in [0.5, 0.6) is 11.5 Å². The molecule has 0 fully saturated rings. The Kier molecular flexibility index (Phi) is 4.02. The van der Waals surface area contributed by atoms with Gasteiger partial charge in [0.15, 0.2) is 17.3 Å². The van der Waals surface area contributed by atoms with Crippen LogP contribution in [0.1, 0.15) is 5.56 Å². The average molecular weight is 411 g/mol. The number of aromatic nitrogens is 2. The topological polar surface area (TPSA) is 56.3 Å². The van der Waals surface area contributed by atoms with Crippen LogP contribution in [0, 0.1) is 0 Å². The van der Waals surface area contributed by atoms with Crippen LogP contribution in [0.15, 0.2) is 72.8 Å². The number of nitrogens with zero attached hydrogens (tertiary/aromatic N) is 2. The second kappa shape index (κ2) is 7.00. The largest absolute Gasteiger partial charge is 0.454 e. The molecule has 6 rings (SSSR count). The number of anilines is 1. The van der Waals surface area contributed by atoms with E-state index in [1.165, 1.54) is 10.1 Å². The van der Waals surface area contributed by atoms with Crippen molar-refractivity contribution in [2.75, 3.05) is 12.1 Å². The molecule has 0 aliphatic carbocycles. The summed E-state index contributed by atoms with van der Waals surface area (Å²) in [5.74, 6) is 3.14. The normalized spacial score (nSPS) is 12.5. The lowest BCUT2D eigenvalue weighted by Gasteiger charge is -2.10. The van der Waals surface area contributed by atoms with Crippen LogP contribution in [0.4, 0.5) is 5.82 Å². The minimum atomic E-state index is 0.278. The summed E-state index contributed by atoms with van der Waals surface area (Å²) < 4.78 is 12.1. The lowest BCUT2D eigenvalue weighted by molar-refractivity contribution is 0.174. The molecular formula is C24H17N3O2S. The number of hydrogen-bond donors (Lipinski definition) is 1. The number of rotatable bonds is 4. The lowest BCUT2D eigenvalue weighted by Crippen LogP contribution is -2.03. The molecule has 0 spiro atoms. The third-order valence-corrected chi connectivity index (χ3v) is 6.23. The number of ether oxygens (including phenoxy) is 2. The Morgan fingerprint density at radius 1 is 0.867 bits per heavy atom. The molecule has 30 heavy (non-hydrogen) atoms. The van der Waals surface area contributed by atoms with Crippen molar-refractivity contribution >= 4 is 37.5 Å². The third-order valence-electron chi connectivity index (χ3n) is 5.17. The molecule has 2 aromatic heterocycles. The molecule has 6 heteroatoms. The molecule has 1 N–H and O–H groups in total. The lowest BCUT2D eigenvalue weighted by atomic mass is 10.1. The van der Waals surface area contributed by atoms with Crippen LogP contribution in [-0.4, -0.2) is 16.8 Å². The second-order valence-electron chi connectivity index (χ2n) is 7.08. The van der Waals surface area contributed by atoms with E-state index in [0.717, 1.165) is 44.5 Å². The Morgan fingerprint density at radius 2 is 1.70 bits per heavy atom. The molecular weight excluding hydrogens is 394 g/mol. The average Bonchev–Trinajstić information content (AvgIpc) is 3.41. The van der Waals surface area contributed by atoms with Gasteiger partial charge in [-0.15, -0.1) is 11.3 Å². The van der Waals surface area contributed by atoms with E-state index >= 15 is 0 Å². The van der Waals surface area contributed by atoms with Gasteiger partial charge in [0.05, 0.1) is 5.39 Å². The fourth-order valence-corrected chi connectivity index (χ4v) is 4.78. The zero-order valence-corrected chi connectivity index (χ0v) is 16.8. The molecule has 5 nitrogen and oxygen atoms in total. The monoisotopic (exact) mass is 411 g/mol. The van der Waals surface area contributed by atoms with Crippen molar-refractivity contribution in [3.05, 3.63) is 78.4 Å². The summed E-state index contributed by atoms with van der Waals surface area (Å²) in [6.45, 7) is 0.904. The Bertz CT molecular complexity index is 1380. The van der Waals surface area contributed by atoms with Crippen molar-refractivity contribution in [2.45, 2.75) is 6.54 Å². The maximum atomic E-state index is 5.51. The first-order valence-electron chi connectivity index (χ1n) is 9.72. The summed E-state index contributed by atoms with van der Waals surface area (Å²) in [4.78, 5) is 10.8. The summed E-state index contributed by atoms with van der Waals surface area (Å²) in [6, 6.07) is 24.5. The van der Waals surface area contributed by atoms with Gasteiger partial charge in [-0.1, -0.05) is 54.6 Å². The zero-order valence-electron chi connectivity index (χ0n) is 16.0. The third kappa shape index (κ3) is 2.93. The van der Waals surface area contributed by atoms with Crippen LogP contribution >= 0.6 is 11.3 Å². The Balaban J connectivity index is 1.45. The fourth-order valence-electron chi connectivity index (χ4n) is 3.70. The van der Waals surface area contributed by atoms with Crippen molar-refractivity contribution in [2.24, 2.45) is 0 Å². The molecule has 3 aromatic carbocycles. The minimum Gasteiger partial charge on any atom is -0.454 e. The first-order chi connectivity index (χ1) is 14.8. The van der Waals surface area contributed by atoms with Crippen LogP contribution in [0.2, 0.25) is 0 Å². The first-order valence-corrected chi connectivity index (χ1v) is 10.5. The van der Waals surface area contributed by atoms with Gasteiger partial charge in [0.1, 0.15) is 10.6 Å². The van der Waals surface area contributed by atoms with Crippen LogP contribution in [-0.2, 0) is 6.54 Å². The van der Waals surface area contributed by atoms with Crippen LogP contribution < -0.4 is 14.8 Å². The smallest absolute Gasteiger partial charge is 0.231 e. The molecule has 0 saturated carbocycles. The van der Waals surface area contributed by atoms with Gasteiger partial charge >= 0.3 is 0 Å². The molecule has 3 heterocycles. The van der Waals surface area contributed by atoms with E-state index in [1.54, 1.807) is 11.3 Å². The van der Waals surface area contributed by atoms with Crippen LogP contribution in [0.3, 0.4) is 0 Å². The summed E-state index contributed by atoms with van der Waals surface area (Å²) in [7, 11) is 0. The first kappa shape index (κ1) is 17.2. The zero-order chi connectivity index (χ0) is 19.9. The summed E-state index contributed by atoms with van der Waals surface area (Å²) in [5, 5.41) is 5.78. The summed E-state index contributed by atoms with van der Waals surface area (Å²) in [5.41, 5.74) is 2.11. The van der Waals surface area contributed by atoms with Gasteiger partial charge in [-0.2, -0.15) is 0 Å². The van der Waals surface area contributed by atoms with E-state index < -0.39 is 0 Å². The van der Waals surface area contributed by atoms with Crippen LogP contribution in [0.25, 0.3) is 31.7 Å². The van der Waals surface area contributed by atoms with Crippen molar-refractivity contribution < 1.29 is 9.47 Å². The highest BCUT2D eigenvalue weighted by Crippen LogP contribution is 2.38. The number of nitrogens with one attached hydrogen (secondary N) is 1. The highest BCUT2D eigenvalue weighted by molar-refractivity contribution is 7.25. The molecule has 0 atom stereocenters. The molecule has 0 unspecified atom stereocenters. The minimum absolute atomic E-state index is 0.278. The van der Waals surface area contributed by atoms with Gasteiger partial charge in [-0.3, -0.25) is 0 Å². The van der Waals surface area contributed by atoms with Crippen molar-refractivity contribution in [1.29, 1.82) is 0 Å². The molecule has 1 aliphatic rings. The van der Waals surface area contributed by atoms with Gasteiger partial charge in [0, 0.05) is 22.2 Å². The number of benzene rings is 3. The molecule has 1 aliphatic heterocycles. The second-order valence-corrected chi connectivity index (χ2v) is 8.11. The molecule has 0 saturated heterocycles. The fraction of sp³-hybridized carbons (Fsp3) is 0.0833. The predicted octanol–water partition coefficient (Wildman–Crippen LogP) is 5.85. The maximum absolute atomic E-state index is 5.51. The Hall–Kier alpha value is -3.64. The van der Waals surface area contributed by atoms with E-state index in [-0.39, 0.29) is 6.79 Å². The molecule has 0 amide bonds. The summed E-state index contributed by atoms with van der Waals surface area (Å²) in [6.07, 6.45) is 0. The standard InChI is InChI=1S/C24H17N3O2S/c1-2-6-16(7-3-1)22-26-23(21-17-8-4-5-9-20(17)30-24(21)27-22)25-13-15-10-11-18-19(12-15)29-14-28-18/h1-12H,13-14H2,(H,25,26,27). The van der Waals surface area contributed by atoms with Gasteiger partial charge in [0.25, 0.3) is 0 Å².